The molecule has 6 nitrogen and oxygen atoms in total. The molecule has 0 fully saturated rings. The Balaban J connectivity index is 2.16. The Morgan fingerprint density at radius 1 is 1.26 bits per heavy atom. The van der Waals surface area contributed by atoms with Crippen LogP contribution in [0.1, 0.15) is 16.8 Å². The first kappa shape index (κ1) is 12.8. The topological polar surface area (TPSA) is 84.2 Å². The molecule has 6 heteroatoms. The van der Waals surface area contributed by atoms with E-state index in [1.165, 1.54) is 0 Å². The Morgan fingerprint density at radius 2 is 2.05 bits per heavy atom. The van der Waals surface area contributed by atoms with Gasteiger partial charge in [-0.3, -0.25) is 9.59 Å². The molecule has 2 N–H and O–H groups in total. The third-order valence-corrected chi connectivity index (χ3v) is 2.52. The maximum absolute atomic E-state index is 12.0. The van der Waals surface area contributed by atoms with Gasteiger partial charge in [0.1, 0.15) is 0 Å². The lowest BCUT2D eigenvalue weighted by molar-refractivity contribution is -0.136. The summed E-state index contributed by atoms with van der Waals surface area (Å²) in [6.07, 6.45) is 3.26. The number of aromatic nitrogens is 2. The molecule has 2 aromatic rings. The molecule has 0 aliphatic heterocycles. The van der Waals surface area contributed by atoms with Crippen LogP contribution in [0.2, 0.25) is 0 Å². The largest absolute Gasteiger partial charge is 0.481 e. The van der Waals surface area contributed by atoms with Crippen molar-refractivity contribution in [2.24, 2.45) is 0 Å². The van der Waals surface area contributed by atoms with Gasteiger partial charge >= 0.3 is 5.97 Å². The van der Waals surface area contributed by atoms with Crippen LogP contribution in [-0.2, 0) is 4.79 Å². The Hall–Kier alpha value is -2.63. The predicted molar refractivity (Wildman–Crippen MR) is 68.2 cm³/mol. The summed E-state index contributed by atoms with van der Waals surface area (Å²) in [5, 5.41) is 15.2. The molecule has 98 valence electrons. The van der Waals surface area contributed by atoms with Crippen molar-refractivity contribution >= 4 is 11.9 Å². The van der Waals surface area contributed by atoms with E-state index >= 15 is 0 Å². The van der Waals surface area contributed by atoms with Gasteiger partial charge in [0.05, 0.1) is 17.7 Å². The monoisotopic (exact) mass is 259 g/mol. The highest BCUT2D eigenvalue weighted by Gasteiger charge is 2.12. The quantitative estimate of drug-likeness (QED) is 0.841. The van der Waals surface area contributed by atoms with Crippen molar-refractivity contribution in [3.8, 4) is 5.69 Å². The van der Waals surface area contributed by atoms with E-state index in [4.69, 9.17) is 5.11 Å². The van der Waals surface area contributed by atoms with Crippen molar-refractivity contribution in [1.82, 2.24) is 15.1 Å². The average Bonchev–Trinajstić information content (AvgIpc) is 2.92. The summed E-state index contributed by atoms with van der Waals surface area (Å²) in [5.41, 5.74) is 1.11. The lowest BCUT2D eigenvalue weighted by Crippen LogP contribution is -2.27. The summed E-state index contributed by atoms with van der Waals surface area (Å²) in [6, 6.07) is 8.77. The minimum absolute atomic E-state index is 0.0988. The van der Waals surface area contributed by atoms with Crippen LogP contribution in [-0.4, -0.2) is 33.3 Å². The second kappa shape index (κ2) is 5.81. The molecule has 0 saturated heterocycles. The van der Waals surface area contributed by atoms with Gasteiger partial charge in [-0.15, -0.1) is 0 Å². The number of para-hydroxylation sites is 1. The summed E-state index contributed by atoms with van der Waals surface area (Å²) in [5.74, 6) is -1.26. The first-order valence-electron chi connectivity index (χ1n) is 5.77. The summed E-state index contributed by atoms with van der Waals surface area (Å²) in [7, 11) is 0. The van der Waals surface area contributed by atoms with Crippen LogP contribution in [0, 0.1) is 0 Å². The fourth-order valence-electron chi connectivity index (χ4n) is 1.65. The lowest BCUT2D eigenvalue weighted by atomic mass is 10.1. The summed E-state index contributed by atoms with van der Waals surface area (Å²) >= 11 is 0. The molecular weight excluding hydrogens is 246 g/mol. The molecule has 0 aliphatic rings. The molecule has 1 heterocycles. The Labute approximate surface area is 109 Å². The third-order valence-electron chi connectivity index (χ3n) is 2.52. The number of carbonyl (C=O) groups excluding carboxylic acids is 1. The normalized spacial score (nSPS) is 10.1. The first-order valence-corrected chi connectivity index (χ1v) is 5.77. The van der Waals surface area contributed by atoms with E-state index in [1.807, 2.05) is 6.07 Å². The Kier molecular flexibility index (Phi) is 3.92. The number of aliphatic carboxylic acids is 1. The molecule has 0 spiro atoms. The van der Waals surface area contributed by atoms with Crippen molar-refractivity contribution < 1.29 is 14.7 Å². The highest BCUT2D eigenvalue weighted by atomic mass is 16.4. The van der Waals surface area contributed by atoms with Gasteiger partial charge in [-0.25, -0.2) is 4.68 Å². The average molecular weight is 259 g/mol. The second-order valence-corrected chi connectivity index (χ2v) is 3.87. The van der Waals surface area contributed by atoms with Gasteiger partial charge in [-0.05, 0) is 18.2 Å². The van der Waals surface area contributed by atoms with Crippen LogP contribution >= 0.6 is 0 Å². The minimum Gasteiger partial charge on any atom is -0.481 e. The highest BCUT2D eigenvalue weighted by molar-refractivity contribution is 5.97. The van der Waals surface area contributed by atoms with E-state index in [2.05, 4.69) is 10.4 Å². The molecule has 0 radical (unpaired) electrons. The number of carbonyl (C=O) groups is 2. The Morgan fingerprint density at radius 3 is 2.74 bits per heavy atom. The molecule has 0 unspecified atom stereocenters. The van der Waals surface area contributed by atoms with Crippen molar-refractivity contribution in [3.63, 3.8) is 0 Å². The molecule has 1 aromatic heterocycles. The number of amides is 1. The van der Waals surface area contributed by atoms with Gasteiger partial charge in [-0.2, -0.15) is 5.10 Å². The molecule has 2 rings (SSSR count). The molecule has 1 aromatic carbocycles. The zero-order valence-electron chi connectivity index (χ0n) is 10.1. The fraction of sp³-hybridized carbons (Fsp3) is 0.154. The number of nitrogens with zero attached hydrogens (tertiary/aromatic N) is 2. The number of carboxylic acid groups (broad SMARTS) is 1. The number of carboxylic acids is 1. The standard InChI is InChI=1S/C13H13N3O3/c17-12(18)6-8-14-13(19)10-4-1-2-5-11(10)16-9-3-7-15-16/h1-5,7,9H,6,8H2,(H,14,19)(H,17,18). The van der Waals surface area contributed by atoms with Gasteiger partial charge in [0, 0.05) is 18.9 Å². The van der Waals surface area contributed by atoms with Crippen LogP contribution in [0.5, 0.6) is 0 Å². The molecule has 0 aliphatic carbocycles. The third kappa shape index (κ3) is 3.19. The van der Waals surface area contributed by atoms with E-state index < -0.39 is 5.97 Å². The van der Waals surface area contributed by atoms with Gasteiger partial charge in [0.25, 0.3) is 5.91 Å². The molecule has 0 atom stereocenters. The lowest BCUT2D eigenvalue weighted by Gasteiger charge is -2.09. The smallest absolute Gasteiger partial charge is 0.305 e. The van der Waals surface area contributed by atoms with Crippen molar-refractivity contribution in [1.29, 1.82) is 0 Å². The maximum Gasteiger partial charge on any atom is 0.305 e. The van der Waals surface area contributed by atoms with Crippen LogP contribution in [0.3, 0.4) is 0 Å². The van der Waals surface area contributed by atoms with E-state index in [9.17, 15) is 9.59 Å². The second-order valence-electron chi connectivity index (χ2n) is 3.87. The SMILES string of the molecule is O=C(O)CCNC(=O)c1ccccc1-n1cccn1. The molecule has 0 bridgehead atoms. The number of hydrogen-bond donors (Lipinski definition) is 2. The zero-order valence-corrected chi connectivity index (χ0v) is 10.1. The van der Waals surface area contributed by atoms with Crippen molar-refractivity contribution in [2.45, 2.75) is 6.42 Å². The van der Waals surface area contributed by atoms with E-state index in [0.717, 1.165) is 0 Å². The first-order chi connectivity index (χ1) is 9.18. The molecule has 19 heavy (non-hydrogen) atoms. The minimum atomic E-state index is -0.944. The highest BCUT2D eigenvalue weighted by Crippen LogP contribution is 2.13. The number of rotatable bonds is 5. The van der Waals surface area contributed by atoms with Crippen molar-refractivity contribution in [2.75, 3.05) is 6.54 Å². The van der Waals surface area contributed by atoms with E-state index in [-0.39, 0.29) is 18.9 Å². The predicted octanol–water partition coefficient (Wildman–Crippen LogP) is 1.08. The van der Waals surface area contributed by atoms with Gasteiger partial charge in [-0.1, -0.05) is 12.1 Å². The van der Waals surface area contributed by atoms with Crippen LogP contribution in [0.25, 0.3) is 5.69 Å². The van der Waals surface area contributed by atoms with E-state index in [1.54, 1.807) is 41.3 Å². The molecular formula is C13H13N3O3. The summed E-state index contributed by atoms with van der Waals surface area (Å²) < 4.78 is 1.59. The van der Waals surface area contributed by atoms with Gasteiger partial charge in [0.15, 0.2) is 0 Å². The fourth-order valence-corrected chi connectivity index (χ4v) is 1.65. The number of benzene rings is 1. The number of hydrogen-bond acceptors (Lipinski definition) is 3. The van der Waals surface area contributed by atoms with Crippen LogP contribution in [0.4, 0.5) is 0 Å². The summed E-state index contributed by atoms with van der Waals surface area (Å²) in [6.45, 7) is 0.0988. The van der Waals surface area contributed by atoms with Crippen LogP contribution in [0.15, 0.2) is 42.7 Å². The molecule has 0 saturated carbocycles. The van der Waals surface area contributed by atoms with Gasteiger partial charge < -0.3 is 10.4 Å². The maximum atomic E-state index is 12.0. The summed E-state index contributed by atoms with van der Waals surface area (Å²) in [4.78, 5) is 22.4. The Bertz CT molecular complexity index is 579. The van der Waals surface area contributed by atoms with Crippen LogP contribution < -0.4 is 5.32 Å². The zero-order chi connectivity index (χ0) is 13.7. The number of nitrogens with one attached hydrogen (secondary N) is 1. The van der Waals surface area contributed by atoms with E-state index in [0.29, 0.717) is 11.3 Å². The molecule has 1 amide bonds. The van der Waals surface area contributed by atoms with Crippen molar-refractivity contribution in [3.05, 3.63) is 48.3 Å². The van der Waals surface area contributed by atoms with Gasteiger partial charge in [0.2, 0.25) is 0 Å².